The van der Waals surface area contributed by atoms with Crippen LogP contribution in [0.2, 0.25) is 0 Å². The molecule has 0 aromatic heterocycles. The zero-order valence-electron chi connectivity index (χ0n) is 9.23. The van der Waals surface area contributed by atoms with Gasteiger partial charge in [0, 0.05) is 12.0 Å². The lowest BCUT2D eigenvalue weighted by atomic mass is 9.93. The molecule has 0 fully saturated rings. The molecule has 0 saturated heterocycles. The first-order valence-corrected chi connectivity index (χ1v) is 5.37. The zero-order chi connectivity index (χ0) is 11.5. The van der Waals surface area contributed by atoms with Crippen molar-refractivity contribution in [3.8, 4) is 0 Å². The summed E-state index contributed by atoms with van der Waals surface area (Å²) < 4.78 is 0. The molecule has 0 heterocycles. The summed E-state index contributed by atoms with van der Waals surface area (Å²) in [7, 11) is 0. The lowest BCUT2D eigenvalue weighted by Gasteiger charge is -2.13. The van der Waals surface area contributed by atoms with Crippen molar-refractivity contribution >= 4 is 11.5 Å². The number of ketones is 1. The molecule has 1 aliphatic carbocycles. The monoisotopic (exact) mass is 214 g/mol. The summed E-state index contributed by atoms with van der Waals surface area (Å²) in [6.07, 6.45) is 2.90. The van der Waals surface area contributed by atoms with Crippen LogP contribution in [0.4, 0.5) is 0 Å². The highest BCUT2D eigenvalue weighted by atomic mass is 16.3. The van der Waals surface area contributed by atoms with Crippen LogP contribution >= 0.6 is 0 Å². The number of carbonyl (C=O) groups excluding carboxylic acids is 1. The third kappa shape index (κ3) is 2.06. The van der Waals surface area contributed by atoms with Crippen LogP contribution in [-0.2, 0) is 4.79 Å². The van der Waals surface area contributed by atoms with Crippen molar-refractivity contribution < 1.29 is 9.90 Å². The Balaban J connectivity index is 2.40. The van der Waals surface area contributed by atoms with E-state index in [2.05, 4.69) is 0 Å². The van der Waals surface area contributed by atoms with Gasteiger partial charge in [0.05, 0.1) is 0 Å². The van der Waals surface area contributed by atoms with Crippen LogP contribution in [0.15, 0.2) is 47.6 Å². The van der Waals surface area contributed by atoms with Gasteiger partial charge < -0.3 is 5.11 Å². The first-order chi connectivity index (χ1) is 7.68. The highest BCUT2D eigenvalue weighted by Gasteiger charge is 2.15. The van der Waals surface area contributed by atoms with E-state index in [0.29, 0.717) is 12.8 Å². The van der Waals surface area contributed by atoms with Crippen molar-refractivity contribution in [1.82, 2.24) is 0 Å². The van der Waals surface area contributed by atoms with Crippen molar-refractivity contribution in [2.75, 3.05) is 0 Å². The highest BCUT2D eigenvalue weighted by molar-refractivity contribution is 5.97. The molecule has 0 saturated carbocycles. The fourth-order valence-electron chi connectivity index (χ4n) is 1.83. The number of hydrogen-bond donors (Lipinski definition) is 1. The van der Waals surface area contributed by atoms with Crippen LogP contribution in [0.25, 0.3) is 5.76 Å². The maximum atomic E-state index is 11.3. The average Bonchev–Trinajstić information content (AvgIpc) is 2.33. The molecule has 82 valence electrons. The van der Waals surface area contributed by atoms with Crippen LogP contribution < -0.4 is 0 Å². The fourth-order valence-corrected chi connectivity index (χ4v) is 1.83. The maximum absolute atomic E-state index is 11.3. The lowest BCUT2D eigenvalue weighted by Crippen LogP contribution is -2.07. The Morgan fingerprint density at radius 3 is 2.50 bits per heavy atom. The summed E-state index contributed by atoms with van der Waals surface area (Å²) in [4.78, 5) is 11.3. The minimum absolute atomic E-state index is 0.171. The number of allylic oxidation sites excluding steroid dienone is 3. The summed E-state index contributed by atoms with van der Waals surface area (Å²) >= 11 is 0. The van der Waals surface area contributed by atoms with E-state index in [0.717, 1.165) is 16.7 Å². The predicted octanol–water partition coefficient (Wildman–Crippen LogP) is 3.26. The molecule has 1 aliphatic rings. The van der Waals surface area contributed by atoms with E-state index in [1.165, 1.54) is 0 Å². The van der Waals surface area contributed by atoms with E-state index in [1.54, 1.807) is 13.0 Å². The normalized spacial score (nSPS) is 19.3. The largest absolute Gasteiger partial charge is 0.507 e. The number of aliphatic hydroxyl groups is 1. The van der Waals surface area contributed by atoms with Crippen molar-refractivity contribution in [1.29, 1.82) is 0 Å². The van der Waals surface area contributed by atoms with Gasteiger partial charge in [-0.25, -0.2) is 0 Å². The topological polar surface area (TPSA) is 37.3 Å². The summed E-state index contributed by atoms with van der Waals surface area (Å²) in [6.45, 7) is 1.79. The van der Waals surface area contributed by atoms with Gasteiger partial charge in [-0.1, -0.05) is 30.3 Å². The van der Waals surface area contributed by atoms with Crippen LogP contribution in [0, 0.1) is 0 Å². The number of benzene rings is 1. The number of carbonyl (C=O) groups is 1. The summed E-state index contributed by atoms with van der Waals surface area (Å²) in [5, 5.41) is 10.1. The number of hydrogen-bond acceptors (Lipinski definition) is 2. The van der Waals surface area contributed by atoms with Gasteiger partial charge in [-0.2, -0.15) is 0 Å². The molecule has 0 spiro atoms. The van der Waals surface area contributed by atoms with Gasteiger partial charge in [0.25, 0.3) is 0 Å². The van der Waals surface area contributed by atoms with Gasteiger partial charge >= 0.3 is 0 Å². The molecule has 0 bridgehead atoms. The molecule has 16 heavy (non-hydrogen) atoms. The minimum Gasteiger partial charge on any atom is -0.507 e. The Morgan fingerprint density at radius 1 is 1.19 bits per heavy atom. The van der Waals surface area contributed by atoms with E-state index in [4.69, 9.17) is 0 Å². The molecule has 2 rings (SSSR count). The van der Waals surface area contributed by atoms with Gasteiger partial charge in [0.1, 0.15) is 5.76 Å². The fraction of sp³-hybridized carbons (Fsp3) is 0.214. The minimum atomic E-state index is 0.171. The van der Waals surface area contributed by atoms with Crippen LogP contribution in [0.3, 0.4) is 0 Å². The van der Waals surface area contributed by atoms with E-state index < -0.39 is 0 Å². The highest BCUT2D eigenvalue weighted by Crippen LogP contribution is 2.25. The third-order valence-corrected chi connectivity index (χ3v) is 2.80. The van der Waals surface area contributed by atoms with Crippen molar-refractivity contribution in [3.05, 3.63) is 53.1 Å². The Bertz CT molecular complexity index is 467. The number of aliphatic hydroxyl groups excluding tert-OH is 1. The van der Waals surface area contributed by atoms with Gasteiger partial charge in [-0.05, 0) is 30.6 Å². The molecule has 2 heteroatoms. The van der Waals surface area contributed by atoms with E-state index >= 15 is 0 Å². The molecule has 0 atom stereocenters. The Hall–Kier alpha value is -1.83. The van der Waals surface area contributed by atoms with E-state index in [9.17, 15) is 9.90 Å². The molecule has 0 aliphatic heterocycles. The quantitative estimate of drug-likeness (QED) is 0.728. The molecule has 0 amide bonds. The second-order valence-corrected chi connectivity index (χ2v) is 3.99. The van der Waals surface area contributed by atoms with Crippen LogP contribution in [-0.4, -0.2) is 10.9 Å². The van der Waals surface area contributed by atoms with Crippen molar-refractivity contribution in [2.45, 2.75) is 19.8 Å². The van der Waals surface area contributed by atoms with E-state index in [-0.39, 0.29) is 11.5 Å². The van der Waals surface area contributed by atoms with E-state index in [1.807, 2.05) is 30.3 Å². The molecule has 1 N–H and O–H groups in total. The number of rotatable bonds is 1. The molecule has 0 radical (unpaired) electrons. The van der Waals surface area contributed by atoms with Crippen molar-refractivity contribution in [3.63, 3.8) is 0 Å². The van der Waals surface area contributed by atoms with Crippen LogP contribution in [0.5, 0.6) is 0 Å². The Labute approximate surface area is 94.9 Å². The summed E-state index contributed by atoms with van der Waals surface area (Å²) in [6, 6.07) is 9.41. The molecular weight excluding hydrogens is 200 g/mol. The van der Waals surface area contributed by atoms with Crippen molar-refractivity contribution in [2.24, 2.45) is 0 Å². The molecular formula is C14H14O2. The zero-order valence-corrected chi connectivity index (χ0v) is 9.23. The first kappa shape index (κ1) is 10.7. The first-order valence-electron chi connectivity index (χ1n) is 5.37. The second-order valence-electron chi connectivity index (χ2n) is 3.99. The lowest BCUT2D eigenvalue weighted by molar-refractivity contribution is -0.115. The van der Waals surface area contributed by atoms with Gasteiger partial charge in [0.15, 0.2) is 5.78 Å². The van der Waals surface area contributed by atoms with Gasteiger partial charge in [-0.15, -0.1) is 0 Å². The second kappa shape index (κ2) is 4.35. The maximum Gasteiger partial charge on any atom is 0.158 e. The summed E-state index contributed by atoms with van der Waals surface area (Å²) in [5.41, 5.74) is 2.38. The predicted molar refractivity (Wildman–Crippen MR) is 64.0 cm³/mol. The number of Topliss-reactive ketones (excluding diaryl/α,β-unsaturated/α-hetero) is 1. The molecule has 1 aromatic carbocycles. The SMILES string of the molecule is CC1=CC(=C(O)c2ccccc2)CCC1=O. The third-order valence-electron chi connectivity index (χ3n) is 2.80. The molecule has 0 unspecified atom stereocenters. The Kier molecular flexibility index (Phi) is 2.91. The van der Waals surface area contributed by atoms with Gasteiger partial charge in [-0.3, -0.25) is 4.79 Å². The smallest absolute Gasteiger partial charge is 0.158 e. The Morgan fingerprint density at radius 2 is 1.88 bits per heavy atom. The standard InChI is InChI=1S/C14H14O2/c1-10-9-12(7-8-13(10)15)14(16)11-5-3-2-4-6-11/h2-6,9,16H,7-8H2,1H3. The molecule has 1 aromatic rings. The average molecular weight is 214 g/mol. The van der Waals surface area contributed by atoms with Crippen LogP contribution in [0.1, 0.15) is 25.3 Å². The van der Waals surface area contributed by atoms with Gasteiger partial charge in [0.2, 0.25) is 0 Å². The molecule has 2 nitrogen and oxygen atoms in total. The summed E-state index contributed by atoms with van der Waals surface area (Å²) in [5.74, 6) is 0.456.